The van der Waals surface area contributed by atoms with Gasteiger partial charge in [0.05, 0.1) is 6.20 Å². The van der Waals surface area contributed by atoms with Gasteiger partial charge in [-0.3, -0.25) is 0 Å². The minimum absolute atomic E-state index is 0.0455. The summed E-state index contributed by atoms with van der Waals surface area (Å²) in [5, 5.41) is 12.4. The van der Waals surface area contributed by atoms with Gasteiger partial charge in [-0.1, -0.05) is 0 Å². The standard InChI is InChI=1S/C9H6F2N4O3/c10-8(11)18-6-5(7(16)17)4-15(14-6)9-12-2-1-3-13-9/h1-4,8H,(H,16,17). The fraction of sp³-hybridized carbons (Fsp3) is 0.111. The average molecular weight is 256 g/mol. The van der Waals surface area contributed by atoms with E-state index in [1.807, 2.05) is 0 Å². The van der Waals surface area contributed by atoms with E-state index in [1.54, 1.807) is 6.07 Å². The van der Waals surface area contributed by atoms with Crippen LogP contribution in [0.25, 0.3) is 5.95 Å². The molecule has 1 N–H and O–H groups in total. The number of halogens is 2. The van der Waals surface area contributed by atoms with Crippen molar-refractivity contribution in [2.45, 2.75) is 6.61 Å². The van der Waals surface area contributed by atoms with Gasteiger partial charge in [0, 0.05) is 12.4 Å². The van der Waals surface area contributed by atoms with E-state index >= 15 is 0 Å². The van der Waals surface area contributed by atoms with Crippen LogP contribution in [-0.4, -0.2) is 37.4 Å². The van der Waals surface area contributed by atoms with Crippen molar-refractivity contribution in [2.24, 2.45) is 0 Å². The van der Waals surface area contributed by atoms with Crippen LogP contribution >= 0.6 is 0 Å². The zero-order valence-electron chi connectivity index (χ0n) is 8.70. The highest BCUT2D eigenvalue weighted by Crippen LogP contribution is 2.19. The van der Waals surface area contributed by atoms with Gasteiger partial charge in [-0.25, -0.2) is 19.4 Å². The molecule has 0 bridgehead atoms. The molecular weight excluding hydrogens is 250 g/mol. The molecular formula is C9H6F2N4O3. The second kappa shape index (κ2) is 4.73. The third kappa shape index (κ3) is 2.39. The molecule has 0 unspecified atom stereocenters. The molecule has 0 saturated heterocycles. The fourth-order valence-electron chi connectivity index (χ4n) is 1.19. The van der Waals surface area contributed by atoms with E-state index in [4.69, 9.17) is 5.11 Å². The van der Waals surface area contributed by atoms with Gasteiger partial charge in [-0.15, -0.1) is 5.10 Å². The van der Waals surface area contributed by atoms with Crippen molar-refractivity contribution in [1.29, 1.82) is 0 Å². The second-order valence-electron chi connectivity index (χ2n) is 3.02. The minimum atomic E-state index is -3.16. The average Bonchev–Trinajstić information content (AvgIpc) is 2.73. The lowest BCUT2D eigenvalue weighted by Crippen LogP contribution is -2.07. The van der Waals surface area contributed by atoms with Crippen LogP contribution < -0.4 is 4.74 Å². The Balaban J connectivity index is 2.42. The van der Waals surface area contributed by atoms with Gasteiger partial charge in [0.15, 0.2) is 0 Å². The SMILES string of the molecule is O=C(O)c1cn(-c2ncccn2)nc1OC(F)F. The maximum Gasteiger partial charge on any atom is 0.388 e. The van der Waals surface area contributed by atoms with Gasteiger partial charge in [0.1, 0.15) is 5.56 Å². The maximum atomic E-state index is 12.1. The molecule has 2 rings (SSSR count). The molecule has 0 amide bonds. The summed E-state index contributed by atoms with van der Waals surface area (Å²) in [5.74, 6) is -2.08. The highest BCUT2D eigenvalue weighted by Gasteiger charge is 2.21. The number of nitrogens with zero attached hydrogens (tertiary/aromatic N) is 4. The number of carboxylic acids is 1. The van der Waals surface area contributed by atoms with Crippen molar-refractivity contribution >= 4 is 5.97 Å². The predicted octanol–water partition coefficient (Wildman–Crippen LogP) is 0.962. The number of hydrogen-bond acceptors (Lipinski definition) is 5. The van der Waals surface area contributed by atoms with Crippen molar-refractivity contribution in [1.82, 2.24) is 19.7 Å². The molecule has 0 aromatic carbocycles. The summed E-state index contributed by atoms with van der Waals surface area (Å²) in [6.07, 6.45) is 3.80. The van der Waals surface area contributed by atoms with Gasteiger partial charge in [0.25, 0.3) is 11.8 Å². The molecule has 7 nitrogen and oxygen atoms in total. The normalized spacial score (nSPS) is 10.6. The van der Waals surface area contributed by atoms with E-state index in [-0.39, 0.29) is 5.95 Å². The first kappa shape index (κ1) is 11.9. The lowest BCUT2D eigenvalue weighted by Gasteiger charge is -2.00. The predicted molar refractivity (Wildman–Crippen MR) is 52.7 cm³/mol. The van der Waals surface area contributed by atoms with Crippen molar-refractivity contribution < 1.29 is 23.4 Å². The number of rotatable bonds is 4. The Morgan fingerprint density at radius 3 is 2.61 bits per heavy atom. The van der Waals surface area contributed by atoms with E-state index in [1.165, 1.54) is 12.4 Å². The highest BCUT2D eigenvalue weighted by molar-refractivity contribution is 5.90. The molecule has 0 aliphatic rings. The van der Waals surface area contributed by atoms with Crippen LogP contribution in [0.15, 0.2) is 24.7 Å². The smallest absolute Gasteiger partial charge is 0.388 e. The molecule has 9 heteroatoms. The summed E-state index contributed by atoms with van der Waals surface area (Å²) in [7, 11) is 0. The second-order valence-corrected chi connectivity index (χ2v) is 3.02. The van der Waals surface area contributed by atoms with E-state index in [2.05, 4.69) is 19.8 Å². The van der Waals surface area contributed by atoms with Crippen molar-refractivity contribution in [3.8, 4) is 11.8 Å². The number of aromatic nitrogens is 4. The van der Waals surface area contributed by atoms with Gasteiger partial charge in [0.2, 0.25) is 0 Å². The lowest BCUT2D eigenvalue weighted by molar-refractivity contribution is -0.0535. The first-order valence-electron chi connectivity index (χ1n) is 4.63. The lowest BCUT2D eigenvalue weighted by atomic mass is 10.3. The Hall–Kier alpha value is -2.58. The van der Waals surface area contributed by atoms with Crippen LogP contribution in [0.2, 0.25) is 0 Å². The third-order valence-corrected chi connectivity index (χ3v) is 1.87. The number of alkyl halides is 2. The van der Waals surface area contributed by atoms with Gasteiger partial charge < -0.3 is 9.84 Å². The fourth-order valence-corrected chi connectivity index (χ4v) is 1.19. The molecule has 2 aromatic heterocycles. The Kier molecular flexibility index (Phi) is 3.13. The molecule has 0 aliphatic carbocycles. The molecule has 18 heavy (non-hydrogen) atoms. The number of aromatic carboxylic acids is 1. The molecule has 2 heterocycles. The summed E-state index contributed by atoms with van der Waals surface area (Å²) in [4.78, 5) is 18.4. The molecule has 94 valence electrons. The van der Waals surface area contributed by atoms with Crippen LogP contribution in [0.3, 0.4) is 0 Å². The van der Waals surface area contributed by atoms with Crippen LogP contribution in [0, 0.1) is 0 Å². The van der Waals surface area contributed by atoms with E-state index in [0.717, 1.165) is 10.9 Å². The zero-order chi connectivity index (χ0) is 13.1. The maximum absolute atomic E-state index is 12.1. The van der Waals surface area contributed by atoms with E-state index < -0.39 is 24.0 Å². The van der Waals surface area contributed by atoms with Gasteiger partial charge >= 0.3 is 12.6 Å². The van der Waals surface area contributed by atoms with Crippen LogP contribution in [0.5, 0.6) is 5.88 Å². The zero-order valence-corrected chi connectivity index (χ0v) is 8.70. The number of carboxylic acid groups (broad SMARTS) is 1. The minimum Gasteiger partial charge on any atom is -0.477 e. The summed E-state index contributed by atoms with van der Waals surface area (Å²) < 4.78 is 29.1. The molecule has 0 saturated carbocycles. The third-order valence-electron chi connectivity index (χ3n) is 1.87. The Bertz CT molecular complexity index is 558. The monoisotopic (exact) mass is 256 g/mol. The summed E-state index contributed by atoms with van der Waals surface area (Å²) >= 11 is 0. The number of carbonyl (C=O) groups is 1. The summed E-state index contributed by atoms with van der Waals surface area (Å²) in [6.45, 7) is -3.16. The van der Waals surface area contributed by atoms with Crippen molar-refractivity contribution in [3.05, 3.63) is 30.2 Å². The summed E-state index contributed by atoms with van der Waals surface area (Å²) in [6, 6.07) is 1.54. The van der Waals surface area contributed by atoms with Crippen molar-refractivity contribution in [3.63, 3.8) is 0 Å². The van der Waals surface area contributed by atoms with Gasteiger partial charge in [-0.05, 0) is 6.07 Å². The summed E-state index contributed by atoms with van der Waals surface area (Å²) in [5.41, 5.74) is -0.497. The van der Waals surface area contributed by atoms with Crippen LogP contribution in [0.1, 0.15) is 10.4 Å². The first-order chi connectivity index (χ1) is 8.58. The Morgan fingerprint density at radius 1 is 1.39 bits per heavy atom. The van der Waals surface area contributed by atoms with E-state index in [0.29, 0.717) is 0 Å². The molecule has 0 spiro atoms. The Labute approximate surface area is 98.7 Å². The molecule has 0 aliphatic heterocycles. The largest absolute Gasteiger partial charge is 0.477 e. The molecule has 0 atom stereocenters. The molecule has 0 radical (unpaired) electrons. The molecule has 2 aromatic rings. The highest BCUT2D eigenvalue weighted by atomic mass is 19.3. The van der Waals surface area contributed by atoms with Crippen molar-refractivity contribution in [2.75, 3.05) is 0 Å². The van der Waals surface area contributed by atoms with Crippen LogP contribution in [-0.2, 0) is 0 Å². The van der Waals surface area contributed by atoms with Gasteiger partial charge in [-0.2, -0.15) is 8.78 Å². The van der Waals surface area contributed by atoms with Crippen LogP contribution in [0.4, 0.5) is 8.78 Å². The molecule has 0 fully saturated rings. The first-order valence-corrected chi connectivity index (χ1v) is 4.63. The number of hydrogen-bond donors (Lipinski definition) is 1. The van der Waals surface area contributed by atoms with E-state index in [9.17, 15) is 13.6 Å². The Morgan fingerprint density at radius 2 is 2.06 bits per heavy atom. The topological polar surface area (TPSA) is 90.1 Å². The number of ether oxygens (including phenoxy) is 1. The quantitative estimate of drug-likeness (QED) is 0.876.